The second-order valence-corrected chi connectivity index (χ2v) is 5.04. The Morgan fingerprint density at radius 2 is 2.11 bits per heavy atom. The molecule has 0 aliphatic rings. The van der Waals surface area contributed by atoms with Gasteiger partial charge in [0.15, 0.2) is 0 Å². The van der Waals surface area contributed by atoms with Crippen LogP contribution in [0.5, 0.6) is 0 Å². The summed E-state index contributed by atoms with van der Waals surface area (Å²) >= 11 is 1.60. The molecule has 100 valence electrons. The van der Waals surface area contributed by atoms with E-state index in [-0.39, 0.29) is 18.9 Å². The highest BCUT2D eigenvalue weighted by Crippen LogP contribution is 2.08. The fourth-order valence-electron chi connectivity index (χ4n) is 1.46. The number of rotatable bonds is 7. The van der Waals surface area contributed by atoms with Crippen LogP contribution in [0.2, 0.25) is 0 Å². The zero-order valence-corrected chi connectivity index (χ0v) is 11.4. The van der Waals surface area contributed by atoms with E-state index in [1.807, 2.05) is 16.8 Å². The summed E-state index contributed by atoms with van der Waals surface area (Å²) in [6.45, 7) is 1.22. The van der Waals surface area contributed by atoms with Crippen LogP contribution < -0.4 is 0 Å². The zero-order chi connectivity index (χ0) is 13.5. The number of carboxylic acid groups (broad SMARTS) is 1. The number of carbonyl (C=O) groups is 2. The van der Waals surface area contributed by atoms with Gasteiger partial charge in [-0.3, -0.25) is 14.5 Å². The van der Waals surface area contributed by atoms with E-state index in [4.69, 9.17) is 5.11 Å². The largest absolute Gasteiger partial charge is 0.481 e. The highest BCUT2D eigenvalue weighted by atomic mass is 32.1. The van der Waals surface area contributed by atoms with E-state index >= 15 is 0 Å². The molecule has 5 nitrogen and oxygen atoms in total. The first-order valence-corrected chi connectivity index (χ1v) is 6.58. The molecule has 6 heteroatoms. The summed E-state index contributed by atoms with van der Waals surface area (Å²) in [5, 5.41) is 12.5. The maximum Gasteiger partial charge on any atom is 0.304 e. The van der Waals surface area contributed by atoms with E-state index in [2.05, 4.69) is 0 Å². The Bertz CT molecular complexity index is 392. The smallest absolute Gasteiger partial charge is 0.304 e. The average Bonchev–Trinajstić information content (AvgIpc) is 2.79. The first-order chi connectivity index (χ1) is 8.49. The number of likely N-dealkylation sites (N-methyl/N-ethyl adjacent to an activating group) is 2. The van der Waals surface area contributed by atoms with Gasteiger partial charge in [0.05, 0.1) is 13.0 Å². The molecule has 1 N–H and O–H groups in total. The van der Waals surface area contributed by atoms with Crippen molar-refractivity contribution in [3.63, 3.8) is 0 Å². The van der Waals surface area contributed by atoms with Gasteiger partial charge in [0.1, 0.15) is 0 Å². The van der Waals surface area contributed by atoms with Gasteiger partial charge in [-0.15, -0.1) is 0 Å². The molecule has 1 rings (SSSR count). The number of hydrogen-bond acceptors (Lipinski definition) is 4. The number of carbonyl (C=O) groups excluding carboxylic acids is 1. The normalized spacial score (nSPS) is 10.6. The van der Waals surface area contributed by atoms with E-state index in [0.717, 1.165) is 5.56 Å². The first kappa shape index (κ1) is 14.7. The summed E-state index contributed by atoms with van der Waals surface area (Å²) < 4.78 is 0. The molecule has 0 aliphatic heterocycles. The summed E-state index contributed by atoms with van der Waals surface area (Å²) in [6, 6.07) is 1.99. The lowest BCUT2D eigenvalue weighted by Crippen LogP contribution is -2.37. The summed E-state index contributed by atoms with van der Waals surface area (Å²) in [4.78, 5) is 25.7. The van der Waals surface area contributed by atoms with Crippen LogP contribution in [-0.2, 0) is 16.1 Å². The molecular formula is C12H18N2O3S. The van der Waals surface area contributed by atoms with Gasteiger partial charge in [0, 0.05) is 20.1 Å². The van der Waals surface area contributed by atoms with E-state index in [1.165, 1.54) is 0 Å². The number of hydrogen-bond donors (Lipinski definition) is 1. The molecule has 0 aliphatic carbocycles. The fourth-order valence-corrected chi connectivity index (χ4v) is 2.12. The van der Waals surface area contributed by atoms with E-state index < -0.39 is 5.97 Å². The van der Waals surface area contributed by atoms with E-state index in [0.29, 0.717) is 13.1 Å². The predicted octanol–water partition coefficient (Wildman–Crippen LogP) is 1.11. The highest BCUT2D eigenvalue weighted by molar-refractivity contribution is 7.07. The molecule has 0 saturated carbocycles. The summed E-state index contributed by atoms with van der Waals surface area (Å²) in [5.74, 6) is -0.852. The van der Waals surface area contributed by atoms with Gasteiger partial charge in [-0.2, -0.15) is 11.3 Å². The van der Waals surface area contributed by atoms with Gasteiger partial charge in [-0.05, 0) is 29.4 Å². The first-order valence-electron chi connectivity index (χ1n) is 5.64. The van der Waals surface area contributed by atoms with Crippen LogP contribution >= 0.6 is 11.3 Å². The Kier molecular flexibility index (Phi) is 5.80. The third-order valence-corrected chi connectivity index (χ3v) is 3.27. The summed E-state index contributed by atoms with van der Waals surface area (Å²) in [5.41, 5.74) is 1.11. The van der Waals surface area contributed by atoms with Crippen molar-refractivity contribution in [3.05, 3.63) is 22.4 Å². The molecule has 0 saturated heterocycles. The SMILES string of the molecule is CN(CCC(=O)O)CC(=O)N(C)Cc1ccsc1. The monoisotopic (exact) mass is 270 g/mol. The van der Waals surface area contributed by atoms with Crippen molar-refractivity contribution in [1.29, 1.82) is 0 Å². The lowest BCUT2D eigenvalue weighted by Gasteiger charge is -2.21. The molecule has 0 atom stereocenters. The minimum absolute atomic E-state index is 0.00547. The predicted molar refractivity (Wildman–Crippen MR) is 70.5 cm³/mol. The fraction of sp³-hybridized carbons (Fsp3) is 0.500. The molecule has 0 bridgehead atoms. The van der Waals surface area contributed by atoms with E-state index in [1.54, 1.807) is 35.2 Å². The standard InChI is InChI=1S/C12H18N2O3S/c1-13(5-3-12(16)17)8-11(15)14(2)7-10-4-6-18-9-10/h4,6,9H,3,5,7-8H2,1-2H3,(H,16,17). The summed E-state index contributed by atoms with van der Waals surface area (Å²) in [6.07, 6.45) is 0.0536. The Balaban J connectivity index is 2.33. The lowest BCUT2D eigenvalue weighted by molar-refractivity contribution is -0.138. The maximum atomic E-state index is 11.9. The van der Waals surface area contributed by atoms with Crippen molar-refractivity contribution in [2.45, 2.75) is 13.0 Å². The summed E-state index contributed by atoms with van der Waals surface area (Å²) in [7, 11) is 3.50. The van der Waals surface area contributed by atoms with Gasteiger partial charge in [-0.25, -0.2) is 0 Å². The van der Waals surface area contributed by atoms with Crippen LogP contribution in [0.3, 0.4) is 0 Å². The van der Waals surface area contributed by atoms with Gasteiger partial charge in [-0.1, -0.05) is 0 Å². The molecule has 1 aromatic heterocycles. The number of aliphatic carboxylic acids is 1. The molecule has 0 fully saturated rings. The molecule has 0 unspecified atom stereocenters. The molecule has 1 heterocycles. The Hall–Kier alpha value is -1.40. The van der Waals surface area contributed by atoms with E-state index in [9.17, 15) is 9.59 Å². The zero-order valence-electron chi connectivity index (χ0n) is 10.6. The Morgan fingerprint density at radius 1 is 1.39 bits per heavy atom. The number of amides is 1. The van der Waals surface area contributed by atoms with Crippen molar-refractivity contribution in [1.82, 2.24) is 9.80 Å². The third kappa shape index (κ3) is 5.29. The molecule has 1 amide bonds. The van der Waals surface area contributed by atoms with Crippen LogP contribution in [-0.4, -0.2) is 54.0 Å². The van der Waals surface area contributed by atoms with Gasteiger partial charge in [0.25, 0.3) is 0 Å². The van der Waals surface area contributed by atoms with Crippen LogP contribution in [0, 0.1) is 0 Å². The van der Waals surface area contributed by atoms with Crippen molar-refractivity contribution >= 4 is 23.2 Å². The topological polar surface area (TPSA) is 60.9 Å². The van der Waals surface area contributed by atoms with Crippen LogP contribution in [0.15, 0.2) is 16.8 Å². The molecule has 1 aromatic rings. The van der Waals surface area contributed by atoms with Crippen molar-refractivity contribution in [3.8, 4) is 0 Å². The second-order valence-electron chi connectivity index (χ2n) is 4.26. The number of carboxylic acids is 1. The maximum absolute atomic E-state index is 11.9. The Labute approximate surface area is 111 Å². The molecule has 0 aromatic carbocycles. The highest BCUT2D eigenvalue weighted by Gasteiger charge is 2.12. The van der Waals surface area contributed by atoms with Crippen molar-refractivity contribution in [2.24, 2.45) is 0 Å². The second kappa shape index (κ2) is 7.13. The molecule has 18 heavy (non-hydrogen) atoms. The van der Waals surface area contributed by atoms with Crippen LogP contribution in [0.4, 0.5) is 0 Å². The quantitative estimate of drug-likeness (QED) is 0.806. The lowest BCUT2D eigenvalue weighted by atomic mass is 10.3. The minimum Gasteiger partial charge on any atom is -0.481 e. The third-order valence-electron chi connectivity index (χ3n) is 2.54. The van der Waals surface area contributed by atoms with Crippen LogP contribution in [0.25, 0.3) is 0 Å². The van der Waals surface area contributed by atoms with Crippen molar-refractivity contribution < 1.29 is 14.7 Å². The average molecular weight is 270 g/mol. The number of thiophene rings is 1. The van der Waals surface area contributed by atoms with Gasteiger partial charge in [0.2, 0.25) is 5.91 Å². The van der Waals surface area contributed by atoms with Gasteiger partial charge >= 0.3 is 5.97 Å². The van der Waals surface area contributed by atoms with Crippen LogP contribution in [0.1, 0.15) is 12.0 Å². The minimum atomic E-state index is -0.846. The Morgan fingerprint density at radius 3 is 2.67 bits per heavy atom. The number of nitrogens with zero attached hydrogens (tertiary/aromatic N) is 2. The molecular weight excluding hydrogens is 252 g/mol. The molecule has 0 spiro atoms. The van der Waals surface area contributed by atoms with Crippen molar-refractivity contribution in [2.75, 3.05) is 27.2 Å². The van der Waals surface area contributed by atoms with Gasteiger partial charge < -0.3 is 10.0 Å². The molecule has 0 radical (unpaired) electrons.